The Balaban J connectivity index is 1.81. The van der Waals surface area contributed by atoms with Gasteiger partial charge >= 0.3 is 0 Å². The fraction of sp³-hybridized carbons (Fsp3) is 0.500. The van der Waals surface area contributed by atoms with E-state index in [1.54, 1.807) is 12.3 Å². The second-order valence-electron chi connectivity index (χ2n) is 4.93. The highest BCUT2D eigenvalue weighted by molar-refractivity contribution is 5.64. The first-order chi connectivity index (χ1) is 9.54. The molecule has 1 fully saturated rings. The second kappa shape index (κ2) is 4.95. The Morgan fingerprint density at radius 1 is 1.45 bits per heavy atom. The Morgan fingerprint density at radius 2 is 2.25 bits per heavy atom. The molecule has 4 N–H and O–H groups in total. The Labute approximate surface area is 113 Å². The average Bonchev–Trinajstić information content (AvgIpc) is 2.82. The maximum absolute atomic E-state index is 12.6. The van der Waals surface area contributed by atoms with Gasteiger partial charge in [0.1, 0.15) is 0 Å². The Bertz CT molecular complexity index is 630. The molecule has 0 amide bonds. The number of aromatic nitrogens is 3. The van der Waals surface area contributed by atoms with Crippen LogP contribution in [0.3, 0.4) is 0 Å². The minimum absolute atomic E-state index is 0.0549. The van der Waals surface area contributed by atoms with E-state index in [4.69, 9.17) is 16.2 Å². The summed E-state index contributed by atoms with van der Waals surface area (Å²) in [6, 6.07) is 1.73. The van der Waals surface area contributed by atoms with Crippen LogP contribution in [-0.4, -0.2) is 26.7 Å². The number of alkyl halides is 2. The van der Waals surface area contributed by atoms with E-state index < -0.39 is 12.2 Å². The molecule has 2 aromatic rings. The fourth-order valence-electron chi connectivity index (χ4n) is 2.16. The lowest BCUT2D eigenvalue weighted by Crippen LogP contribution is -2.45. The number of hydrogen-bond donors (Lipinski definition) is 2. The van der Waals surface area contributed by atoms with E-state index in [1.807, 2.05) is 0 Å². The van der Waals surface area contributed by atoms with E-state index >= 15 is 0 Å². The van der Waals surface area contributed by atoms with Crippen molar-refractivity contribution in [1.82, 2.24) is 14.6 Å². The Morgan fingerprint density at radius 3 is 2.85 bits per heavy atom. The predicted octanol–water partition coefficient (Wildman–Crippen LogP) is 1.26. The number of hydrogen-bond acceptors (Lipinski definition) is 5. The number of nitrogen functional groups attached to an aromatic ring is 1. The molecule has 0 saturated heterocycles. The van der Waals surface area contributed by atoms with Crippen LogP contribution in [0.2, 0.25) is 0 Å². The molecule has 0 spiro atoms. The molecular formula is C12H15F2N5O. The normalized spacial score (nSPS) is 22.4. The lowest BCUT2D eigenvalue weighted by Gasteiger charge is -2.33. The monoisotopic (exact) mass is 283 g/mol. The first kappa shape index (κ1) is 13.2. The number of ether oxygens (including phenoxy) is 1. The van der Waals surface area contributed by atoms with E-state index in [-0.39, 0.29) is 17.8 Å². The number of pyridine rings is 1. The van der Waals surface area contributed by atoms with Gasteiger partial charge in [-0.25, -0.2) is 18.3 Å². The quantitative estimate of drug-likeness (QED) is 0.881. The van der Waals surface area contributed by atoms with Crippen LogP contribution in [0.25, 0.3) is 5.65 Å². The summed E-state index contributed by atoms with van der Waals surface area (Å²) >= 11 is 0. The van der Waals surface area contributed by atoms with Crippen LogP contribution in [0, 0.1) is 0 Å². The largest absolute Gasteiger partial charge is 0.396 e. The summed E-state index contributed by atoms with van der Waals surface area (Å²) in [5.41, 5.74) is 12.9. The number of rotatable bonds is 4. The van der Waals surface area contributed by atoms with E-state index in [2.05, 4.69) is 10.1 Å². The SMILES string of the molecule is Nc1cc(CO[C@@H]2CC[C@H]2N)cn2nc(C(F)F)nc12. The Kier molecular flexibility index (Phi) is 3.27. The van der Waals surface area contributed by atoms with Gasteiger partial charge in [0.05, 0.1) is 18.4 Å². The van der Waals surface area contributed by atoms with Crippen molar-refractivity contribution in [2.45, 2.75) is 38.0 Å². The molecule has 0 aliphatic heterocycles. The predicted molar refractivity (Wildman–Crippen MR) is 68.1 cm³/mol. The van der Waals surface area contributed by atoms with E-state index in [0.29, 0.717) is 12.3 Å². The van der Waals surface area contributed by atoms with Gasteiger partial charge < -0.3 is 16.2 Å². The van der Waals surface area contributed by atoms with Crippen molar-refractivity contribution < 1.29 is 13.5 Å². The number of anilines is 1. The van der Waals surface area contributed by atoms with Gasteiger partial charge in [-0.05, 0) is 24.5 Å². The van der Waals surface area contributed by atoms with Crippen LogP contribution in [0.4, 0.5) is 14.5 Å². The number of fused-ring (bicyclic) bond motifs is 1. The number of nitrogens with zero attached hydrogens (tertiary/aromatic N) is 3. The first-order valence-electron chi connectivity index (χ1n) is 6.34. The fourth-order valence-corrected chi connectivity index (χ4v) is 2.16. The molecule has 1 aliphatic rings. The highest BCUT2D eigenvalue weighted by atomic mass is 19.3. The van der Waals surface area contributed by atoms with Crippen molar-refractivity contribution in [1.29, 1.82) is 0 Å². The Hall–Kier alpha value is -1.80. The third-order valence-electron chi connectivity index (χ3n) is 3.46. The van der Waals surface area contributed by atoms with Gasteiger partial charge in [-0.15, -0.1) is 5.10 Å². The molecule has 0 aromatic carbocycles. The third kappa shape index (κ3) is 2.32. The molecule has 1 saturated carbocycles. The highest BCUT2D eigenvalue weighted by Crippen LogP contribution is 2.24. The lowest BCUT2D eigenvalue weighted by molar-refractivity contribution is -0.0246. The minimum Gasteiger partial charge on any atom is -0.396 e. The second-order valence-corrected chi connectivity index (χ2v) is 4.93. The molecule has 8 heteroatoms. The summed E-state index contributed by atoms with van der Waals surface area (Å²) in [5.74, 6) is -0.532. The van der Waals surface area contributed by atoms with Gasteiger partial charge in [0.2, 0.25) is 5.82 Å². The van der Waals surface area contributed by atoms with Crippen LogP contribution in [0.5, 0.6) is 0 Å². The zero-order valence-electron chi connectivity index (χ0n) is 10.7. The highest BCUT2D eigenvalue weighted by Gasteiger charge is 2.28. The average molecular weight is 283 g/mol. The number of nitrogens with two attached hydrogens (primary N) is 2. The smallest absolute Gasteiger partial charge is 0.299 e. The topological polar surface area (TPSA) is 91.5 Å². The van der Waals surface area contributed by atoms with Crippen LogP contribution in [-0.2, 0) is 11.3 Å². The molecule has 3 rings (SSSR count). The molecule has 0 unspecified atom stereocenters. The van der Waals surface area contributed by atoms with Gasteiger partial charge in [-0.2, -0.15) is 0 Å². The lowest BCUT2D eigenvalue weighted by atomic mass is 9.90. The van der Waals surface area contributed by atoms with E-state index in [0.717, 1.165) is 18.4 Å². The molecule has 108 valence electrons. The molecule has 2 aromatic heterocycles. The van der Waals surface area contributed by atoms with Crippen molar-refractivity contribution in [2.24, 2.45) is 5.73 Å². The summed E-state index contributed by atoms with van der Waals surface area (Å²) in [6.07, 6.45) is 0.834. The van der Waals surface area contributed by atoms with Crippen LogP contribution < -0.4 is 11.5 Å². The van der Waals surface area contributed by atoms with Gasteiger partial charge in [-0.3, -0.25) is 0 Å². The summed E-state index contributed by atoms with van der Waals surface area (Å²) in [4.78, 5) is 3.70. The molecular weight excluding hydrogens is 268 g/mol. The van der Waals surface area contributed by atoms with E-state index in [9.17, 15) is 8.78 Å². The van der Waals surface area contributed by atoms with Crippen molar-refractivity contribution in [3.05, 3.63) is 23.7 Å². The van der Waals surface area contributed by atoms with Crippen LogP contribution in [0.1, 0.15) is 30.7 Å². The zero-order valence-corrected chi connectivity index (χ0v) is 10.7. The van der Waals surface area contributed by atoms with Crippen molar-refractivity contribution >= 4 is 11.3 Å². The summed E-state index contributed by atoms with van der Waals surface area (Å²) in [5, 5.41) is 3.71. The van der Waals surface area contributed by atoms with Gasteiger partial charge in [0, 0.05) is 12.2 Å². The summed E-state index contributed by atoms with van der Waals surface area (Å²) in [7, 11) is 0. The van der Waals surface area contributed by atoms with Crippen molar-refractivity contribution in [3.8, 4) is 0 Å². The zero-order chi connectivity index (χ0) is 14.3. The van der Waals surface area contributed by atoms with Gasteiger partial charge in [0.15, 0.2) is 5.65 Å². The molecule has 2 heterocycles. The molecule has 1 aliphatic carbocycles. The number of halogens is 2. The third-order valence-corrected chi connectivity index (χ3v) is 3.46. The molecule has 2 atom stereocenters. The maximum Gasteiger partial charge on any atom is 0.299 e. The molecule has 0 radical (unpaired) electrons. The molecule has 0 bridgehead atoms. The minimum atomic E-state index is -2.72. The van der Waals surface area contributed by atoms with Gasteiger partial charge in [0.25, 0.3) is 6.43 Å². The van der Waals surface area contributed by atoms with Crippen molar-refractivity contribution in [2.75, 3.05) is 5.73 Å². The van der Waals surface area contributed by atoms with E-state index in [1.165, 1.54) is 4.52 Å². The standard InChI is InChI=1S/C12H15F2N5O/c13-10(14)11-17-12-8(16)3-6(4-19(12)18-11)5-20-9-2-1-7(9)15/h3-4,7,9-10H,1-2,5,15-16H2/t7-,9-/m1/s1. The van der Waals surface area contributed by atoms with Crippen LogP contribution >= 0.6 is 0 Å². The maximum atomic E-state index is 12.6. The molecule has 20 heavy (non-hydrogen) atoms. The van der Waals surface area contributed by atoms with Gasteiger partial charge in [-0.1, -0.05) is 0 Å². The summed E-state index contributed by atoms with van der Waals surface area (Å²) < 4.78 is 32.0. The molecule has 6 nitrogen and oxygen atoms in total. The first-order valence-corrected chi connectivity index (χ1v) is 6.34. The van der Waals surface area contributed by atoms with Crippen molar-refractivity contribution in [3.63, 3.8) is 0 Å². The summed E-state index contributed by atoms with van der Waals surface area (Å²) in [6.45, 7) is 0.322. The van der Waals surface area contributed by atoms with Crippen LogP contribution in [0.15, 0.2) is 12.3 Å².